The number of nitrogens with two attached hydrogens (primary N) is 1. The number of carbonyl (C=O) groups excluding carboxylic acids is 1. The number of hydrogen-bond donors (Lipinski definition) is 1. The quantitative estimate of drug-likeness (QED) is 0.834. The number of likely N-dealkylation sites (N-methyl/N-ethyl adjacent to an activating group) is 1. The van der Waals surface area contributed by atoms with E-state index in [0.717, 1.165) is 33.7 Å². The Morgan fingerprint density at radius 1 is 1.06 bits per heavy atom. The van der Waals surface area contributed by atoms with E-state index >= 15 is 0 Å². The van der Waals surface area contributed by atoms with Gasteiger partial charge in [-0.05, 0) is 49.9 Å². The number of nitrogens with zero attached hydrogens (tertiary/aromatic N) is 1. The molecule has 0 bridgehead atoms. The summed E-state index contributed by atoms with van der Waals surface area (Å²) in [5, 5.41) is 0. The fraction of sp³-hybridized carbons (Fsp3) is 0.500. The van der Waals surface area contributed by atoms with Gasteiger partial charge in [0.2, 0.25) is 0 Å². The van der Waals surface area contributed by atoms with E-state index in [1.165, 1.54) is 4.90 Å². The van der Waals surface area contributed by atoms with Crippen LogP contribution in [0.15, 0.2) is 0 Å². The number of nitrogen functional groups attached to an aromatic ring is 1. The Hall–Kier alpha value is -1.71. The van der Waals surface area contributed by atoms with Crippen LogP contribution in [0.5, 0.6) is 5.75 Å². The number of hydrogen-bond acceptors (Lipinski definition) is 3. The fourth-order valence-electron chi connectivity index (χ4n) is 1.79. The maximum absolute atomic E-state index is 11.6. The highest BCUT2D eigenvalue weighted by Crippen LogP contribution is 2.33. The first-order valence-corrected chi connectivity index (χ1v) is 5.96. The summed E-state index contributed by atoms with van der Waals surface area (Å²) in [5.41, 5.74) is 10.9. The summed E-state index contributed by atoms with van der Waals surface area (Å²) in [6, 6.07) is 0. The Balaban J connectivity index is 3.07. The number of benzene rings is 1. The number of rotatable bonds is 3. The van der Waals surface area contributed by atoms with Gasteiger partial charge in [-0.25, -0.2) is 0 Å². The third kappa shape index (κ3) is 2.58. The van der Waals surface area contributed by atoms with Gasteiger partial charge >= 0.3 is 0 Å². The topological polar surface area (TPSA) is 55.6 Å². The second-order valence-corrected chi connectivity index (χ2v) is 4.82. The van der Waals surface area contributed by atoms with E-state index in [9.17, 15) is 4.79 Å². The van der Waals surface area contributed by atoms with Crippen molar-refractivity contribution in [3.63, 3.8) is 0 Å². The van der Waals surface area contributed by atoms with Gasteiger partial charge in [0.05, 0.1) is 0 Å². The van der Waals surface area contributed by atoms with Gasteiger partial charge in [-0.2, -0.15) is 0 Å². The lowest BCUT2D eigenvalue weighted by atomic mass is 9.97. The molecule has 1 aromatic rings. The van der Waals surface area contributed by atoms with Crippen LogP contribution in [-0.4, -0.2) is 31.5 Å². The summed E-state index contributed by atoms with van der Waals surface area (Å²) in [4.78, 5) is 13.1. The van der Waals surface area contributed by atoms with E-state index in [-0.39, 0.29) is 12.5 Å². The van der Waals surface area contributed by atoms with Crippen molar-refractivity contribution in [1.29, 1.82) is 0 Å². The molecule has 100 valence electrons. The Morgan fingerprint density at radius 2 is 1.50 bits per heavy atom. The first-order valence-electron chi connectivity index (χ1n) is 5.96. The molecule has 4 heteroatoms. The first kappa shape index (κ1) is 14.4. The van der Waals surface area contributed by atoms with Crippen molar-refractivity contribution in [2.24, 2.45) is 0 Å². The molecule has 1 aromatic carbocycles. The number of ether oxygens (including phenoxy) is 1. The van der Waals surface area contributed by atoms with Gasteiger partial charge < -0.3 is 15.4 Å². The average Bonchev–Trinajstić information content (AvgIpc) is 2.33. The number of anilines is 1. The highest BCUT2D eigenvalue weighted by molar-refractivity contribution is 5.77. The van der Waals surface area contributed by atoms with Gasteiger partial charge in [-0.1, -0.05) is 0 Å². The van der Waals surface area contributed by atoms with Crippen LogP contribution in [-0.2, 0) is 4.79 Å². The summed E-state index contributed by atoms with van der Waals surface area (Å²) < 4.78 is 5.66. The standard InChI is InChI=1S/C14H22N2O2/c1-8-10(3)14(11(4)9(2)13(8)15)18-7-12(17)16(5)6/h7,15H2,1-6H3. The second-order valence-electron chi connectivity index (χ2n) is 4.82. The van der Waals surface area contributed by atoms with Crippen molar-refractivity contribution in [3.05, 3.63) is 22.3 Å². The van der Waals surface area contributed by atoms with E-state index in [0.29, 0.717) is 0 Å². The van der Waals surface area contributed by atoms with E-state index in [2.05, 4.69) is 0 Å². The molecule has 0 unspecified atom stereocenters. The first-order chi connectivity index (χ1) is 8.27. The van der Waals surface area contributed by atoms with Crippen molar-refractivity contribution in [2.45, 2.75) is 27.7 Å². The SMILES string of the molecule is Cc1c(C)c(OCC(=O)N(C)C)c(C)c(C)c1N. The summed E-state index contributed by atoms with van der Waals surface area (Å²) in [6.45, 7) is 7.92. The van der Waals surface area contributed by atoms with Gasteiger partial charge in [-0.3, -0.25) is 4.79 Å². The van der Waals surface area contributed by atoms with Gasteiger partial charge in [0.15, 0.2) is 6.61 Å². The molecule has 0 aliphatic rings. The second kappa shape index (κ2) is 5.29. The maximum Gasteiger partial charge on any atom is 0.259 e. The van der Waals surface area contributed by atoms with Crippen molar-refractivity contribution < 1.29 is 9.53 Å². The van der Waals surface area contributed by atoms with Crippen LogP contribution >= 0.6 is 0 Å². The predicted octanol–water partition coefficient (Wildman–Crippen LogP) is 1.97. The molecule has 0 heterocycles. The summed E-state index contributed by atoms with van der Waals surface area (Å²) >= 11 is 0. The van der Waals surface area contributed by atoms with Crippen LogP contribution in [0.1, 0.15) is 22.3 Å². The molecule has 0 saturated carbocycles. The maximum atomic E-state index is 11.6. The fourth-order valence-corrected chi connectivity index (χ4v) is 1.79. The highest BCUT2D eigenvalue weighted by atomic mass is 16.5. The van der Waals surface area contributed by atoms with Gasteiger partial charge in [0, 0.05) is 19.8 Å². The molecular weight excluding hydrogens is 228 g/mol. The average molecular weight is 250 g/mol. The van der Waals surface area contributed by atoms with E-state index in [4.69, 9.17) is 10.5 Å². The van der Waals surface area contributed by atoms with Gasteiger partial charge in [-0.15, -0.1) is 0 Å². The van der Waals surface area contributed by atoms with Crippen LogP contribution in [0.4, 0.5) is 5.69 Å². The molecule has 0 atom stereocenters. The Labute approximate surface area is 109 Å². The zero-order chi connectivity index (χ0) is 14.0. The molecule has 0 fully saturated rings. The van der Waals surface area contributed by atoms with Crippen LogP contribution in [0, 0.1) is 27.7 Å². The molecule has 4 nitrogen and oxygen atoms in total. The molecule has 1 rings (SSSR count). The zero-order valence-electron chi connectivity index (χ0n) is 12.0. The summed E-state index contributed by atoms with van der Waals surface area (Å²) in [7, 11) is 3.43. The predicted molar refractivity (Wildman–Crippen MR) is 74.0 cm³/mol. The van der Waals surface area contributed by atoms with Crippen molar-refractivity contribution in [2.75, 3.05) is 26.4 Å². The smallest absolute Gasteiger partial charge is 0.259 e. The lowest BCUT2D eigenvalue weighted by Crippen LogP contribution is -2.28. The van der Waals surface area contributed by atoms with Crippen molar-refractivity contribution in [1.82, 2.24) is 4.90 Å². The van der Waals surface area contributed by atoms with E-state index in [1.807, 2.05) is 27.7 Å². The molecular formula is C14H22N2O2. The summed E-state index contributed by atoms with van der Waals surface area (Å²) in [6.07, 6.45) is 0. The largest absolute Gasteiger partial charge is 0.483 e. The molecule has 0 spiro atoms. The number of carbonyl (C=O) groups is 1. The van der Waals surface area contributed by atoms with E-state index in [1.54, 1.807) is 14.1 Å². The summed E-state index contributed by atoms with van der Waals surface area (Å²) in [5.74, 6) is 0.718. The van der Waals surface area contributed by atoms with Crippen molar-refractivity contribution in [3.8, 4) is 5.75 Å². The van der Waals surface area contributed by atoms with Crippen molar-refractivity contribution >= 4 is 11.6 Å². The third-order valence-electron chi connectivity index (χ3n) is 3.45. The molecule has 0 aliphatic carbocycles. The molecule has 0 saturated heterocycles. The number of amides is 1. The normalized spacial score (nSPS) is 10.3. The minimum atomic E-state index is -0.0547. The van der Waals surface area contributed by atoms with Gasteiger partial charge in [0.25, 0.3) is 5.91 Å². The van der Waals surface area contributed by atoms with Crippen LogP contribution in [0.25, 0.3) is 0 Å². The van der Waals surface area contributed by atoms with E-state index < -0.39 is 0 Å². The molecule has 0 aromatic heterocycles. The Bertz CT molecular complexity index is 450. The zero-order valence-corrected chi connectivity index (χ0v) is 12.0. The molecule has 0 aliphatic heterocycles. The Morgan fingerprint density at radius 3 is 1.89 bits per heavy atom. The lowest BCUT2D eigenvalue weighted by Gasteiger charge is -2.19. The molecule has 2 N–H and O–H groups in total. The molecule has 18 heavy (non-hydrogen) atoms. The minimum Gasteiger partial charge on any atom is -0.483 e. The van der Waals surface area contributed by atoms with Crippen LogP contribution in [0.2, 0.25) is 0 Å². The molecule has 0 radical (unpaired) electrons. The molecule has 1 amide bonds. The van der Waals surface area contributed by atoms with Crippen LogP contribution < -0.4 is 10.5 Å². The minimum absolute atomic E-state index is 0.0531. The highest BCUT2D eigenvalue weighted by Gasteiger charge is 2.15. The Kier molecular flexibility index (Phi) is 4.22. The monoisotopic (exact) mass is 250 g/mol. The lowest BCUT2D eigenvalue weighted by molar-refractivity contribution is -0.130. The van der Waals surface area contributed by atoms with Crippen LogP contribution in [0.3, 0.4) is 0 Å². The van der Waals surface area contributed by atoms with Gasteiger partial charge in [0.1, 0.15) is 5.75 Å². The third-order valence-corrected chi connectivity index (χ3v) is 3.45.